The summed E-state index contributed by atoms with van der Waals surface area (Å²) in [5.41, 5.74) is -1.86. The molecule has 0 radical (unpaired) electrons. The third-order valence-corrected chi connectivity index (χ3v) is 1.92. The molecule has 0 aliphatic heterocycles. The van der Waals surface area contributed by atoms with Crippen LogP contribution in [0.2, 0.25) is 0 Å². The highest BCUT2D eigenvalue weighted by Crippen LogP contribution is 2.33. The Balaban J connectivity index is 3.28. The van der Waals surface area contributed by atoms with E-state index in [0.717, 1.165) is 0 Å². The monoisotopic (exact) mass is 279 g/mol. The average molecular weight is 280 g/mol. The lowest BCUT2D eigenvalue weighted by atomic mass is 10.2. The Kier molecular flexibility index (Phi) is 4.07. The lowest BCUT2D eigenvalue weighted by molar-refractivity contribution is -0.275. The van der Waals surface area contributed by atoms with Gasteiger partial charge in [0.15, 0.2) is 0 Å². The van der Waals surface area contributed by atoms with Crippen LogP contribution in [-0.2, 0) is 5.88 Å². The number of alkyl halides is 6. The number of pyridine rings is 1. The molecule has 1 aromatic rings. The Morgan fingerprint density at radius 2 is 1.94 bits per heavy atom. The standard InChI is InChI=1S/C8H4ClF6NO/c9-2-3-4(17-8(13,14)15)1-5(10)16-6(3)7(11)12/h1,7H,2H2. The van der Waals surface area contributed by atoms with Gasteiger partial charge in [-0.1, -0.05) is 0 Å². The summed E-state index contributed by atoms with van der Waals surface area (Å²) in [6.07, 6.45) is -8.39. The highest BCUT2D eigenvalue weighted by molar-refractivity contribution is 6.17. The Hall–Kier alpha value is -1.18. The topological polar surface area (TPSA) is 22.1 Å². The molecule has 0 aromatic carbocycles. The van der Waals surface area contributed by atoms with Crippen molar-refractivity contribution in [3.8, 4) is 5.75 Å². The second-order valence-corrected chi connectivity index (χ2v) is 3.06. The second kappa shape index (κ2) is 4.99. The zero-order chi connectivity index (χ0) is 13.2. The Morgan fingerprint density at radius 1 is 1.35 bits per heavy atom. The lowest BCUT2D eigenvalue weighted by Gasteiger charge is -2.14. The molecule has 96 valence electrons. The number of hydrogen-bond donors (Lipinski definition) is 0. The fraction of sp³-hybridized carbons (Fsp3) is 0.375. The van der Waals surface area contributed by atoms with Gasteiger partial charge in [-0.25, -0.2) is 13.8 Å². The maximum Gasteiger partial charge on any atom is 0.573 e. The van der Waals surface area contributed by atoms with Crippen LogP contribution in [0, 0.1) is 5.95 Å². The molecule has 0 spiro atoms. The molecule has 0 atom stereocenters. The van der Waals surface area contributed by atoms with Crippen molar-refractivity contribution >= 4 is 11.6 Å². The molecule has 0 amide bonds. The van der Waals surface area contributed by atoms with Crippen molar-refractivity contribution in [2.24, 2.45) is 0 Å². The molecule has 0 bridgehead atoms. The molecule has 0 unspecified atom stereocenters. The molecule has 0 aliphatic carbocycles. The molecule has 1 aromatic heterocycles. The van der Waals surface area contributed by atoms with E-state index in [9.17, 15) is 26.3 Å². The average Bonchev–Trinajstić information content (AvgIpc) is 2.14. The van der Waals surface area contributed by atoms with Crippen LogP contribution >= 0.6 is 11.6 Å². The fourth-order valence-corrected chi connectivity index (χ4v) is 1.34. The van der Waals surface area contributed by atoms with E-state index >= 15 is 0 Å². The summed E-state index contributed by atoms with van der Waals surface area (Å²) in [7, 11) is 0. The van der Waals surface area contributed by atoms with E-state index in [-0.39, 0.29) is 6.07 Å². The summed E-state index contributed by atoms with van der Waals surface area (Å²) in [6.45, 7) is 0. The number of halogens is 7. The van der Waals surface area contributed by atoms with Crippen molar-refractivity contribution in [2.45, 2.75) is 18.7 Å². The first-order valence-electron chi connectivity index (χ1n) is 4.03. The molecule has 9 heteroatoms. The van der Waals surface area contributed by atoms with Crippen molar-refractivity contribution < 1.29 is 31.1 Å². The SMILES string of the molecule is Fc1cc(OC(F)(F)F)c(CCl)c(C(F)F)n1. The van der Waals surface area contributed by atoms with Gasteiger partial charge in [0.1, 0.15) is 11.4 Å². The van der Waals surface area contributed by atoms with Crippen LogP contribution in [0.1, 0.15) is 17.7 Å². The van der Waals surface area contributed by atoms with E-state index in [1.165, 1.54) is 0 Å². The summed E-state index contributed by atoms with van der Waals surface area (Å²) in [5, 5.41) is 0. The molecule has 1 rings (SSSR count). The molecular weight excluding hydrogens is 276 g/mol. The van der Waals surface area contributed by atoms with E-state index in [2.05, 4.69) is 9.72 Å². The van der Waals surface area contributed by atoms with Gasteiger partial charge in [0, 0.05) is 11.6 Å². The number of rotatable bonds is 3. The highest BCUT2D eigenvalue weighted by Gasteiger charge is 2.33. The highest BCUT2D eigenvalue weighted by atomic mass is 35.5. The number of ether oxygens (including phenoxy) is 1. The molecule has 0 aliphatic rings. The minimum atomic E-state index is -5.13. The van der Waals surface area contributed by atoms with E-state index in [1.54, 1.807) is 0 Å². The first kappa shape index (κ1) is 13.9. The van der Waals surface area contributed by atoms with Gasteiger partial charge >= 0.3 is 6.36 Å². The van der Waals surface area contributed by atoms with Gasteiger partial charge in [0.25, 0.3) is 6.43 Å². The van der Waals surface area contributed by atoms with E-state index in [0.29, 0.717) is 0 Å². The summed E-state index contributed by atoms with van der Waals surface area (Å²) in [5.74, 6) is -3.33. The Labute approximate surface area is 96.2 Å². The number of hydrogen-bond acceptors (Lipinski definition) is 2. The van der Waals surface area contributed by atoms with Crippen molar-refractivity contribution in [1.82, 2.24) is 4.98 Å². The maximum absolute atomic E-state index is 12.7. The molecule has 0 saturated heterocycles. The lowest BCUT2D eigenvalue weighted by Crippen LogP contribution is -2.19. The molecule has 0 N–H and O–H groups in total. The van der Waals surface area contributed by atoms with Crippen molar-refractivity contribution in [1.29, 1.82) is 0 Å². The van der Waals surface area contributed by atoms with E-state index < -0.39 is 41.6 Å². The normalized spacial score (nSPS) is 12.0. The predicted molar refractivity (Wildman–Crippen MR) is 45.4 cm³/mol. The summed E-state index contributed by atoms with van der Waals surface area (Å²) < 4.78 is 76.7. The third kappa shape index (κ3) is 3.65. The zero-order valence-electron chi connectivity index (χ0n) is 7.86. The quantitative estimate of drug-likeness (QED) is 0.477. The first-order chi connectivity index (χ1) is 7.74. The smallest absolute Gasteiger partial charge is 0.405 e. The summed E-state index contributed by atoms with van der Waals surface area (Å²) in [4.78, 5) is 2.79. The van der Waals surface area contributed by atoms with Crippen LogP contribution in [0.15, 0.2) is 6.07 Å². The molecule has 0 fully saturated rings. The van der Waals surface area contributed by atoms with Crippen LogP contribution in [0.25, 0.3) is 0 Å². The minimum Gasteiger partial charge on any atom is -0.405 e. The van der Waals surface area contributed by atoms with Gasteiger partial charge in [-0.05, 0) is 0 Å². The number of aromatic nitrogens is 1. The summed E-state index contributed by atoms with van der Waals surface area (Å²) >= 11 is 5.22. The third-order valence-electron chi connectivity index (χ3n) is 1.65. The van der Waals surface area contributed by atoms with Gasteiger partial charge in [0.2, 0.25) is 5.95 Å². The molecular formula is C8H4ClF6NO. The van der Waals surface area contributed by atoms with Crippen LogP contribution in [0.4, 0.5) is 26.3 Å². The summed E-state index contributed by atoms with van der Waals surface area (Å²) in [6, 6.07) is 0.247. The van der Waals surface area contributed by atoms with Gasteiger partial charge in [-0.2, -0.15) is 4.39 Å². The minimum absolute atomic E-state index is 0.247. The first-order valence-corrected chi connectivity index (χ1v) is 4.57. The predicted octanol–water partition coefficient (Wildman–Crippen LogP) is 3.80. The number of nitrogens with zero attached hydrogens (tertiary/aromatic N) is 1. The maximum atomic E-state index is 12.7. The van der Waals surface area contributed by atoms with Crippen LogP contribution in [-0.4, -0.2) is 11.3 Å². The van der Waals surface area contributed by atoms with Gasteiger partial charge in [0.05, 0.1) is 5.88 Å². The van der Waals surface area contributed by atoms with Crippen LogP contribution < -0.4 is 4.74 Å². The molecule has 17 heavy (non-hydrogen) atoms. The van der Waals surface area contributed by atoms with E-state index in [4.69, 9.17) is 11.6 Å². The fourth-order valence-electron chi connectivity index (χ4n) is 1.07. The Morgan fingerprint density at radius 3 is 2.35 bits per heavy atom. The molecule has 0 saturated carbocycles. The van der Waals surface area contributed by atoms with Crippen molar-refractivity contribution in [3.05, 3.63) is 23.3 Å². The van der Waals surface area contributed by atoms with Crippen molar-refractivity contribution in [3.63, 3.8) is 0 Å². The molecule has 1 heterocycles. The van der Waals surface area contributed by atoms with Crippen molar-refractivity contribution in [2.75, 3.05) is 0 Å². The zero-order valence-corrected chi connectivity index (χ0v) is 8.62. The van der Waals surface area contributed by atoms with Gasteiger partial charge < -0.3 is 4.74 Å². The van der Waals surface area contributed by atoms with E-state index in [1.807, 2.05) is 0 Å². The van der Waals surface area contributed by atoms with Gasteiger partial charge in [-0.3, -0.25) is 0 Å². The van der Waals surface area contributed by atoms with Crippen LogP contribution in [0.3, 0.4) is 0 Å². The second-order valence-electron chi connectivity index (χ2n) is 2.79. The molecule has 2 nitrogen and oxygen atoms in total. The van der Waals surface area contributed by atoms with Gasteiger partial charge in [-0.15, -0.1) is 24.8 Å². The Bertz CT molecular complexity index is 408. The largest absolute Gasteiger partial charge is 0.573 e. The van der Waals surface area contributed by atoms with Crippen LogP contribution in [0.5, 0.6) is 5.75 Å².